The molecule has 0 heterocycles. The molecule has 0 spiro atoms. The Hall–Kier alpha value is -3.83. The van der Waals surface area contributed by atoms with E-state index in [4.69, 9.17) is 25.7 Å². The summed E-state index contributed by atoms with van der Waals surface area (Å²) >= 11 is 0. The summed E-state index contributed by atoms with van der Waals surface area (Å²) in [5, 5.41) is 56.5. The molecule has 16 nitrogen and oxygen atoms in total. The molecule has 16 heteroatoms. The number of nitrogens with one attached hydrogen (secondary N) is 1. The van der Waals surface area contributed by atoms with Gasteiger partial charge in [0.2, 0.25) is 5.91 Å². The Labute approximate surface area is 205 Å². The fourth-order valence-electron chi connectivity index (χ4n) is 3.11. The average Bonchev–Trinajstić information content (AvgIpc) is 2.74. The van der Waals surface area contributed by atoms with Gasteiger partial charge in [0.15, 0.2) is 0 Å². The van der Waals surface area contributed by atoms with Crippen LogP contribution in [0.3, 0.4) is 0 Å². The van der Waals surface area contributed by atoms with Crippen LogP contribution >= 0.6 is 0 Å². The van der Waals surface area contributed by atoms with Crippen LogP contribution < -0.4 is 10.5 Å². The number of anilines is 2. The Balaban J connectivity index is 2.76. The van der Waals surface area contributed by atoms with Gasteiger partial charge in [0.25, 0.3) is 0 Å². The Bertz CT molecular complexity index is 894. The predicted octanol–water partition coefficient (Wildman–Crippen LogP) is -1.55. The van der Waals surface area contributed by atoms with E-state index >= 15 is 0 Å². The Morgan fingerprint density at radius 1 is 0.583 bits per heavy atom. The number of aliphatic carboxylic acids is 4. The number of hydrogen-bond acceptors (Lipinski definition) is 11. The highest BCUT2D eigenvalue weighted by atomic mass is 16.8. The van der Waals surface area contributed by atoms with Crippen molar-refractivity contribution in [1.29, 1.82) is 0 Å². The van der Waals surface area contributed by atoms with E-state index in [1.165, 1.54) is 34.1 Å². The zero-order valence-electron chi connectivity index (χ0n) is 19.2. The van der Waals surface area contributed by atoms with E-state index in [1.807, 2.05) is 0 Å². The summed E-state index contributed by atoms with van der Waals surface area (Å²) in [6.07, 6.45) is 0. The number of carbonyl (C=O) groups is 5. The summed E-state index contributed by atoms with van der Waals surface area (Å²) in [7, 11) is 0. The maximum Gasteiger partial charge on any atom is 0.317 e. The predicted molar refractivity (Wildman–Crippen MR) is 121 cm³/mol. The minimum absolute atomic E-state index is 0.00161. The van der Waals surface area contributed by atoms with E-state index in [1.54, 1.807) is 0 Å². The van der Waals surface area contributed by atoms with E-state index in [0.717, 1.165) is 4.90 Å². The van der Waals surface area contributed by atoms with Crippen molar-refractivity contribution < 1.29 is 54.8 Å². The highest BCUT2D eigenvalue weighted by Crippen LogP contribution is 2.15. The van der Waals surface area contributed by atoms with E-state index < -0.39 is 56.0 Å². The van der Waals surface area contributed by atoms with Gasteiger partial charge in [0.1, 0.15) is 0 Å². The molecule has 0 saturated carbocycles. The Morgan fingerprint density at radius 2 is 0.944 bits per heavy atom. The van der Waals surface area contributed by atoms with Gasteiger partial charge in [-0.05, 0) is 24.3 Å². The van der Waals surface area contributed by atoms with Crippen molar-refractivity contribution in [2.75, 3.05) is 69.4 Å². The van der Waals surface area contributed by atoms with Crippen molar-refractivity contribution in [2.24, 2.45) is 0 Å². The summed E-state index contributed by atoms with van der Waals surface area (Å²) in [6.45, 7) is -2.60. The molecule has 7 N–H and O–H groups in total. The van der Waals surface area contributed by atoms with Crippen LogP contribution in [0.25, 0.3) is 0 Å². The molecule has 1 aromatic rings. The molecule has 0 atom stereocenters. The van der Waals surface area contributed by atoms with E-state index in [-0.39, 0.29) is 43.6 Å². The first-order valence-electron chi connectivity index (χ1n) is 10.5. The maximum atomic E-state index is 12.4. The lowest BCUT2D eigenvalue weighted by atomic mass is 10.3. The summed E-state index contributed by atoms with van der Waals surface area (Å²) in [6, 6.07) is 5.41. The van der Waals surface area contributed by atoms with Crippen LogP contribution in [0.5, 0.6) is 0 Å². The lowest BCUT2D eigenvalue weighted by Gasteiger charge is -2.27. The number of carboxylic acid groups (broad SMARTS) is 4. The van der Waals surface area contributed by atoms with Gasteiger partial charge in [0, 0.05) is 31.9 Å². The lowest BCUT2D eigenvalue weighted by molar-refractivity contribution is -0.143. The second kappa shape index (κ2) is 15.2. The van der Waals surface area contributed by atoms with Gasteiger partial charge in [-0.15, -0.1) is 5.23 Å². The SMILES string of the molecule is O=C(O)CN(CCN(CC(=O)O)CC(=O)O)CCN(CC(=O)O)CC(=O)Nc1ccc(N(O)O)cc1. The normalized spacial score (nSPS) is 11.0. The highest BCUT2D eigenvalue weighted by molar-refractivity contribution is 5.92. The van der Waals surface area contributed by atoms with Crippen molar-refractivity contribution in [2.45, 2.75) is 0 Å². The van der Waals surface area contributed by atoms with Gasteiger partial charge in [0.05, 0.1) is 38.4 Å². The van der Waals surface area contributed by atoms with Crippen LogP contribution in [0, 0.1) is 0 Å². The number of carboxylic acids is 4. The molecule has 0 aliphatic heterocycles. The van der Waals surface area contributed by atoms with Crippen molar-refractivity contribution in [1.82, 2.24) is 14.7 Å². The molecule has 0 bridgehead atoms. The molecule has 1 amide bonds. The third-order valence-corrected chi connectivity index (χ3v) is 4.65. The molecule has 1 aromatic carbocycles. The monoisotopic (exact) mass is 515 g/mol. The van der Waals surface area contributed by atoms with Crippen LogP contribution in [0.1, 0.15) is 0 Å². The van der Waals surface area contributed by atoms with Gasteiger partial charge >= 0.3 is 23.9 Å². The number of hydrogen-bond donors (Lipinski definition) is 7. The molecule has 0 radical (unpaired) electrons. The molecule has 1 rings (SSSR count). The van der Waals surface area contributed by atoms with Crippen LogP contribution in [0.4, 0.5) is 11.4 Å². The molecular weight excluding hydrogens is 486 g/mol. The number of carbonyl (C=O) groups excluding carboxylic acids is 1. The fraction of sp³-hybridized carbons (Fsp3) is 0.450. The van der Waals surface area contributed by atoms with Gasteiger partial charge in [-0.25, -0.2) is 0 Å². The minimum atomic E-state index is -1.25. The van der Waals surface area contributed by atoms with Crippen LogP contribution in [0.2, 0.25) is 0 Å². The van der Waals surface area contributed by atoms with Crippen molar-refractivity contribution in [3.05, 3.63) is 24.3 Å². The number of rotatable bonds is 18. The van der Waals surface area contributed by atoms with E-state index in [0.29, 0.717) is 5.69 Å². The quantitative estimate of drug-likeness (QED) is 0.110. The number of amides is 1. The molecule has 0 saturated heterocycles. The van der Waals surface area contributed by atoms with Crippen molar-refractivity contribution >= 4 is 41.2 Å². The summed E-state index contributed by atoms with van der Waals surface area (Å²) < 4.78 is 0. The van der Waals surface area contributed by atoms with Crippen LogP contribution in [-0.2, 0) is 24.0 Å². The van der Waals surface area contributed by atoms with Crippen LogP contribution in [0.15, 0.2) is 24.3 Å². The fourth-order valence-corrected chi connectivity index (χ4v) is 3.11. The largest absolute Gasteiger partial charge is 0.480 e. The zero-order valence-corrected chi connectivity index (χ0v) is 19.2. The maximum absolute atomic E-state index is 12.4. The lowest BCUT2D eigenvalue weighted by Crippen LogP contribution is -2.46. The molecule has 0 aliphatic carbocycles. The first-order valence-corrected chi connectivity index (χ1v) is 10.5. The first-order chi connectivity index (χ1) is 16.8. The highest BCUT2D eigenvalue weighted by Gasteiger charge is 2.19. The number of nitrogens with zero attached hydrogens (tertiary/aromatic N) is 4. The summed E-state index contributed by atoms with van der Waals surface area (Å²) in [5.41, 5.74) is 0.356. The second-order valence-electron chi connectivity index (χ2n) is 7.66. The molecule has 0 fully saturated rings. The first kappa shape index (κ1) is 30.2. The third kappa shape index (κ3) is 13.2. The van der Waals surface area contributed by atoms with Crippen LogP contribution in [-0.4, -0.2) is 134 Å². The Kier molecular flexibility index (Phi) is 12.8. The van der Waals surface area contributed by atoms with E-state index in [9.17, 15) is 29.1 Å². The standard InChI is InChI=1S/C20H29N5O11/c26-16(21-14-1-3-15(4-2-14)25(35)36)9-23(11-18(29)30)7-5-22(10-17(27)28)6-8-24(12-19(31)32)13-20(33)34/h1-4,35-36H,5-13H2,(H,21,26)(H,27,28)(H,29,30)(H,31,32)(H,33,34). The average molecular weight is 515 g/mol. The molecule has 0 aliphatic rings. The summed E-state index contributed by atoms with van der Waals surface area (Å²) in [5.74, 6) is -5.50. The minimum Gasteiger partial charge on any atom is -0.480 e. The second-order valence-corrected chi connectivity index (χ2v) is 7.66. The van der Waals surface area contributed by atoms with Gasteiger partial charge in [-0.2, -0.15) is 0 Å². The van der Waals surface area contributed by atoms with E-state index in [2.05, 4.69) is 5.32 Å². The molecule has 200 valence electrons. The number of benzene rings is 1. The van der Waals surface area contributed by atoms with Crippen molar-refractivity contribution in [3.63, 3.8) is 0 Å². The smallest absolute Gasteiger partial charge is 0.317 e. The Morgan fingerprint density at radius 3 is 1.33 bits per heavy atom. The van der Waals surface area contributed by atoms with Gasteiger partial charge < -0.3 is 25.7 Å². The van der Waals surface area contributed by atoms with Crippen molar-refractivity contribution in [3.8, 4) is 0 Å². The zero-order chi connectivity index (χ0) is 27.3. The molecular formula is C20H29N5O11. The van der Waals surface area contributed by atoms with Gasteiger partial charge in [-0.1, -0.05) is 0 Å². The molecule has 36 heavy (non-hydrogen) atoms. The summed E-state index contributed by atoms with van der Waals surface area (Å²) in [4.78, 5) is 60.5. The third-order valence-electron chi connectivity index (χ3n) is 4.65. The topological polar surface area (TPSA) is 232 Å². The van der Waals surface area contributed by atoms with Gasteiger partial charge in [-0.3, -0.25) is 49.1 Å². The molecule has 0 unspecified atom stereocenters. The molecule has 0 aromatic heterocycles.